The number of benzene rings is 2. The van der Waals surface area contributed by atoms with Crippen molar-refractivity contribution in [2.24, 2.45) is 5.73 Å². The Morgan fingerprint density at radius 1 is 1.17 bits per heavy atom. The maximum atomic E-state index is 11.6. The lowest BCUT2D eigenvalue weighted by Crippen LogP contribution is -2.00. The van der Waals surface area contributed by atoms with Gasteiger partial charge in [0.05, 0.1) is 12.7 Å². The van der Waals surface area contributed by atoms with E-state index in [0.717, 1.165) is 11.1 Å². The highest BCUT2D eigenvalue weighted by Crippen LogP contribution is 2.23. The van der Waals surface area contributed by atoms with Crippen molar-refractivity contribution >= 4 is 5.97 Å². The quantitative estimate of drug-likeness (QED) is 0.745. The van der Waals surface area contributed by atoms with Gasteiger partial charge in [-0.1, -0.05) is 29.4 Å². The molecule has 6 nitrogen and oxygen atoms in total. The highest BCUT2D eigenvalue weighted by molar-refractivity contribution is 5.90. The van der Waals surface area contributed by atoms with Gasteiger partial charge in [0.15, 0.2) is 0 Å². The van der Waals surface area contributed by atoms with Gasteiger partial charge < -0.3 is 15.0 Å². The van der Waals surface area contributed by atoms with E-state index in [1.807, 2.05) is 24.3 Å². The Kier molecular flexibility index (Phi) is 4.16. The molecule has 2 aromatic carbocycles. The molecule has 0 aliphatic rings. The van der Waals surface area contributed by atoms with Crippen LogP contribution in [0.2, 0.25) is 0 Å². The van der Waals surface area contributed by atoms with Crippen LogP contribution in [0.15, 0.2) is 53.1 Å². The van der Waals surface area contributed by atoms with Crippen molar-refractivity contribution in [2.45, 2.75) is 6.54 Å². The van der Waals surface area contributed by atoms with Crippen molar-refractivity contribution in [3.63, 3.8) is 0 Å². The van der Waals surface area contributed by atoms with Crippen LogP contribution in [-0.4, -0.2) is 23.2 Å². The van der Waals surface area contributed by atoms with E-state index in [1.165, 1.54) is 7.11 Å². The van der Waals surface area contributed by atoms with Gasteiger partial charge in [0.1, 0.15) is 0 Å². The average molecular weight is 309 g/mol. The van der Waals surface area contributed by atoms with Crippen molar-refractivity contribution in [1.29, 1.82) is 0 Å². The van der Waals surface area contributed by atoms with E-state index >= 15 is 0 Å². The lowest BCUT2D eigenvalue weighted by molar-refractivity contribution is 0.0601. The monoisotopic (exact) mass is 309 g/mol. The van der Waals surface area contributed by atoms with Crippen molar-refractivity contribution in [3.8, 4) is 22.8 Å². The summed E-state index contributed by atoms with van der Waals surface area (Å²) >= 11 is 0. The van der Waals surface area contributed by atoms with Gasteiger partial charge in [0.25, 0.3) is 5.89 Å². The molecule has 0 radical (unpaired) electrons. The molecule has 6 heteroatoms. The smallest absolute Gasteiger partial charge is 0.337 e. The number of nitrogens with two attached hydrogens (primary N) is 1. The predicted molar refractivity (Wildman–Crippen MR) is 84.4 cm³/mol. The van der Waals surface area contributed by atoms with Crippen LogP contribution in [0.5, 0.6) is 0 Å². The van der Waals surface area contributed by atoms with Crippen molar-refractivity contribution in [3.05, 3.63) is 59.7 Å². The molecule has 0 unspecified atom stereocenters. The fourth-order valence-electron chi connectivity index (χ4n) is 2.19. The molecule has 0 amide bonds. The topological polar surface area (TPSA) is 91.2 Å². The molecule has 3 rings (SSSR count). The Morgan fingerprint density at radius 3 is 2.74 bits per heavy atom. The molecule has 0 bridgehead atoms. The zero-order valence-electron chi connectivity index (χ0n) is 12.5. The van der Waals surface area contributed by atoms with Crippen LogP contribution in [-0.2, 0) is 11.3 Å². The lowest BCUT2D eigenvalue weighted by Gasteiger charge is -2.00. The van der Waals surface area contributed by atoms with E-state index in [9.17, 15) is 4.79 Å². The van der Waals surface area contributed by atoms with Gasteiger partial charge in [-0.15, -0.1) is 0 Å². The molecule has 0 atom stereocenters. The SMILES string of the molecule is COC(=O)c1cccc(-c2noc(-c3cccc(CN)c3)n2)c1. The van der Waals surface area contributed by atoms with E-state index in [1.54, 1.807) is 24.3 Å². The average Bonchev–Trinajstić information content (AvgIpc) is 3.11. The van der Waals surface area contributed by atoms with Crippen molar-refractivity contribution in [1.82, 2.24) is 10.1 Å². The van der Waals surface area contributed by atoms with E-state index in [4.69, 9.17) is 15.0 Å². The van der Waals surface area contributed by atoms with Gasteiger partial charge in [-0.3, -0.25) is 0 Å². The number of carbonyl (C=O) groups is 1. The Bertz CT molecular complexity index is 842. The summed E-state index contributed by atoms with van der Waals surface area (Å²) in [6.07, 6.45) is 0. The van der Waals surface area contributed by atoms with E-state index in [-0.39, 0.29) is 0 Å². The summed E-state index contributed by atoms with van der Waals surface area (Å²) in [5, 5.41) is 3.98. The molecular weight excluding hydrogens is 294 g/mol. The Balaban J connectivity index is 1.94. The summed E-state index contributed by atoms with van der Waals surface area (Å²) < 4.78 is 10.0. The number of ether oxygens (including phenoxy) is 1. The first-order valence-electron chi connectivity index (χ1n) is 7.03. The molecule has 0 aliphatic carbocycles. The third-order valence-electron chi connectivity index (χ3n) is 3.38. The molecule has 1 aromatic heterocycles. The van der Waals surface area contributed by atoms with Gasteiger partial charge >= 0.3 is 5.97 Å². The number of nitrogens with zero attached hydrogens (tertiary/aromatic N) is 2. The first-order chi connectivity index (χ1) is 11.2. The number of methoxy groups -OCH3 is 1. The van der Waals surface area contributed by atoms with Crippen LogP contribution in [0.25, 0.3) is 22.8 Å². The molecule has 0 spiro atoms. The van der Waals surface area contributed by atoms with Crippen LogP contribution in [0.4, 0.5) is 0 Å². The summed E-state index contributed by atoms with van der Waals surface area (Å²) in [4.78, 5) is 16.0. The number of carbonyl (C=O) groups excluding carboxylic acids is 1. The zero-order valence-corrected chi connectivity index (χ0v) is 12.5. The van der Waals surface area contributed by atoms with Crippen molar-refractivity contribution < 1.29 is 14.1 Å². The van der Waals surface area contributed by atoms with E-state index in [0.29, 0.717) is 29.4 Å². The second kappa shape index (κ2) is 6.41. The second-order valence-electron chi connectivity index (χ2n) is 4.90. The summed E-state index contributed by atoms with van der Waals surface area (Å²) in [6, 6.07) is 14.5. The number of hydrogen-bond donors (Lipinski definition) is 1. The van der Waals surface area contributed by atoms with Crippen LogP contribution in [0, 0.1) is 0 Å². The van der Waals surface area contributed by atoms with Gasteiger partial charge in [0.2, 0.25) is 5.82 Å². The highest BCUT2D eigenvalue weighted by Gasteiger charge is 2.13. The minimum absolute atomic E-state index is 0.402. The Morgan fingerprint density at radius 2 is 1.96 bits per heavy atom. The molecule has 0 saturated heterocycles. The highest BCUT2D eigenvalue weighted by atomic mass is 16.5. The number of rotatable bonds is 4. The molecule has 0 aliphatic heterocycles. The summed E-state index contributed by atoms with van der Waals surface area (Å²) in [6.45, 7) is 0.440. The summed E-state index contributed by atoms with van der Waals surface area (Å²) in [7, 11) is 1.34. The number of hydrogen-bond acceptors (Lipinski definition) is 6. The molecule has 0 saturated carbocycles. The lowest BCUT2D eigenvalue weighted by atomic mass is 10.1. The van der Waals surface area contributed by atoms with Gasteiger partial charge in [-0.25, -0.2) is 4.79 Å². The van der Waals surface area contributed by atoms with Crippen molar-refractivity contribution in [2.75, 3.05) is 7.11 Å². The molecule has 2 N–H and O–H groups in total. The van der Waals surface area contributed by atoms with E-state index in [2.05, 4.69) is 10.1 Å². The molecular formula is C17H15N3O3. The molecule has 116 valence electrons. The first-order valence-corrected chi connectivity index (χ1v) is 7.03. The number of aromatic nitrogens is 2. The van der Waals surface area contributed by atoms with Crippen LogP contribution in [0.1, 0.15) is 15.9 Å². The predicted octanol–water partition coefficient (Wildman–Crippen LogP) is 2.65. The summed E-state index contributed by atoms with van der Waals surface area (Å²) in [5.41, 5.74) is 8.53. The van der Waals surface area contributed by atoms with Gasteiger partial charge in [-0.2, -0.15) is 4.98 Å². The maximum Gasteiger partial charge on any atom is 0.337 e. The second-order valence-corrected chi connectivity index (χ2v) is 4.90. The largest absolute Gasteiger partial charge is 0.465 e. The minimum Gasteiger partial charge on any atom is -0.465 e. The van der Waals surface area contributed by atoms with Gasteiger partial charge in [-0.05, 0) is 29.8 Å². The van der Waals surface area contributed by atoms with Crippen LogP contribution < -0.4 is 5.73 Å². The number of esters is 1. The fraction of sp³-hybridized carbons (Fsp3) is 0.118. The summed E-state index contributed by atoms with van der Waals surface area (Å²) in [5.74, 6) is 0.397. The molecule has 0 fully saturated rings. The third kappa shape index (κ3) is 3.12. The Hall–Kier alpha value is -2.99. The first kappa shape index (κ1) is 14.9. The van der Waals surface area contributed by atoms with E-state index < -0.39 is 5.97 Å². The Labute approximate surface area is 132 Å². The molecule has 3 aromatic rings. The minimum atomic E-state index is -0.411. The fourth-order valence-corrected chi connectivity index (χ4v) is 2.19. The molecule has 23 heavy (non-hydrogen) atoms. The van der Waals surface area contributed by atoms with Gasteiger partial charge in [0, 0.05) is 17.7 Å². The third-order valence-corrected chi connectivity index (χ3v) is 3.38. The van der Waals surface area contributed by atoms with Crippen LogP contribution >= 0.6 is 0 Å². The molecule has 1 heterocycles. The normalized spacial score (nSPS) is 10.5. The maximum absolute atomic E-state index is 11.6. The zero-order chi connectivity index (χ0) is 16.2. The van der Waals surface area contributed by atoms with Crippen LogP contribution in [0.3, 0.4) is 0 Å². The standard InChI is InChI=1S/C17H15N3O3/c1-22-17(21)14-7-3-5-12(9-14)15-19-16(23-20-15)13-6-2-4-11(8-13)10-18/h2-9H,10,18H2,1H3.